The van der Waals surface area contributed by atoms with Crippen LogP contribution in [-0.4, -0.2) is 164 Å². The van der Waals surface area contributed by atoms with Gasteiger partial charge in [0.05, 0.1) is 67.1 Å². The summed E-state index contributed by atoms with van der Waals surface area (Å²) < 4.78 is 0. The van der Waals surface area contributed by atoms with Crippen LogP contribution in [0.15, 0.2) is 162 Å². The van der Waals surface area contributed by atoms with Crippen LogP contribution in [-0.2, 0) is 9.59 Å². The van der Waals surface area contributed by atoms with Crippen LogP contribution in [0.25, 0.3) is 0 Å². The summed E-state index contributed by atoms with van der Waals surface area (Å²) in [6, 6.07) is 0. The van der Waals surface area contributed by atoms with Crippen molar-refractivity contribution in [1.29, 1.82) is 0 Å². The molecule has 0 aliphatic carbocycles. The first kappa shape index (κ1) is 73.5. The molecule has 0 aromatic heterocycles. The van der Waals surface area contributed by atoms with Crippen molar-refractivity contribution in [3.05, 3.63) is 157 Å². The number of allylic oxidation sites excluding steroid dienone is 16. The van der Waals surface area contributed by atoms with Gasteiger partial charge in [0.25, 0.3) is 0 Å². The number of rotatable bonds is 43. The summed E-state index contributed by atoms with van der Waals surface area (Å²) >= 11 is 0. The monoisotopic (exact) mass is 1110 g/mol. The summed E-state index contributed by atoms with van der Waals surface area (Å²) in [5, 5.41) is 133. The van der Waals surface area contributed by atoms with Gasteiger partial charge in [0.2, 0.25) is 0 Å². The number of aliphatic hydroxyl groups excluding tert-OH is 12. The second kappa shape index (κ2) is 45.3. The van der Waals surface area contributed by atoms with E-state index >= 15 is 0 Å². The lowest BCUT2D eigenvalue weighted by Crippen LogP contribution is -2.35. The minimum Gasteiger partial charge on any atom is -0.478 e. The van der Waals surface area contributed by atoms with Gasteiger partial charge in [0.1, 0.15) is 6.10 Å². The summed E-state index contributed by atoms with van der Waals surface area (Å²) in [5.41, 5.74) is 10.8. The molecule has 0 saturated heterocycles. The number of Topliss-reactive ketones (excluding diaryl/α,β-unsaturated/α-hetero) is 1. The van der Waals surface area contributed by atoms with E-state index in [-0.39, 0.29) is 68.8 Å². The Bertz CT molecular complexity index is 2100. The lowest BCUT2D eigenvalue weighted by Gasteiger charge is -2.25. The number of carboxylic acids is 1. The van der Waals surface area contributed by atoms with Crippen molar-refractivity contribution in [2.45, 2.75) is 178 Å². The van der Waals surface area contributed by atoms with E-state index in [9.17, 15) is 70.9 Å². The van der Waals surface area contributed by atoms with Gasteiger partial charge in [-0.25, -0.2) is 4.79 Å². The molecular formula is C61H95N3O15. The van der Waals surface area contributed by atoms with Gasteiger partial charge in [-0.15, -0.1) is 0 Å². The van der Waals surface area contributed by atoms with Crippen molar-refractivity contribution in [2.24, 2.45) is 34.2 Å². The number of aliphatic hydroxyl groups is 12. The zero-order valence-corrected chi connectivity index (χ0v) is 46.5. The van der Waals surface area contributed by atoms with Crippen molar-refractivity contribution >= 4 is 17.7 Å². The highest BCUT2D eigenvalue weighted by Crippen LogP contribution is 2.20. The van der Waals surface area contributed by atoms with Crippen LogP contribution >= 0.6 is 0 Å². The number of unbranched alkanes of at least 4 members (excludes halogenated alkanes) is 1. The second-order valence-electron chi connectivity index (χ2n) is 19.8. The van der Waals surface area contributed by atoms with Crippen LogP contribution in [0.3, 0.4) is 0 Å². The van der Waals surface area contributed by atoms with Gasteiger partial charge >= 0.3 is 5.97 Å². The second-order valence-corrected chi connectivity index (χ2v) is 19.8. The molecule has 0 saturated carbocycles. The van der Waals surface area contributed by atoms with Gasteiger partial charge in [-0.1, -0.05) is 173 Å². The first-order chi connectivity index (χ1) is 37.4. The average Bonchev–Trinajstić information content (AvgIpc) is 3.38. The van der Waals surface area contributed by atoms with Gasteiger partial charge in [0, 0.05) is 49.1 Å². The van der Waals surface area contributed by atoms with Gasteiger partial charge in [-0.3, -0.25) is 9.79 Å². The molecule has 18 nitrogen and oxygen atoms in total. The SMILES string of the molecule is C\C(=C/C=C/C=C/CC/C=C/C(C)C(O)C(C)C(O)/C=C/C=C/C=C/C=C/C=C/C=C\C(O)C(C)C(=O)C(O)CC(O)/C=C/CC(O)CC(O)CC(O)/C=C/CC(O)CC(O)/C=C/CC(O)CC(O)CCCN=C(N)N)C(=O)O. The molecule has 0 radical (unpaired) electrons. The van der Waals surface area contributed by atoms with E-state index in [2.05, 4.69) is 4.99 Å². The molecule has 0 aromatic carbocycles. The molecular weight excluding hydrogens is 1010 g/mol. The average molecular weight is 1110 g/mol. The van der Waals surface area contributed by atoms with Crippen molar-refractivity contribution in [3.8, 4) is 0 Å². The van der Waals surface area contributed by atoms with E-state index in [1.165, 1.54) is 56.4 Å². The van der Waals surface area contributed by atoms with E-state index < -0.39 is 96.8 Å². The molecule has 0 heterocycles. The number of nitrogens with zero attached hydrogens (tertiary/aromatic N) is 1. The Hall–Kier alpha value is -5.45. The van der Waals surface area contributed by atoms with Crippen LogP contribution in [0, 0.1) is 17.8 Å². The molecule has 18 heteroatoms. The van der Waals surface area contributed by atoms with Gasteiger partial charge in [-0.05, 0) is 64.7 Å². The number of guanidine groups is 1. The summed E-state index contributed by atoms with van der Waals surface area (Å²) in [6.45, 7) is 7.05. The molecule has 17 N–H and O–H groups in total. The molecule has 79 heavy (non-hydrogen) atoms. The van der Waals surface area contributed by atoms with Gasteiger partial charge in [-0.2, -0.15) is 0 Å². The summed E-state index contributed by atoms with van der Waals surface area (Å²) in [5.74, 6) is -3.18. The Labute approximate surface area is 468 Å². The van der Waals surface area contributed by atoms with Crippen LogP contribution in [0.1, 0.15) is 105 Å². The van der Waals surface area contributed by atoms with Crippen LogP contribution in [0.5, 0.6) is 0 Å². The predicted molar refractivity (Wildman–Crippen MR) is 312 cm³/mol. The third-order valence-electron chi connectivity index (χ3n) is 12.4. The number of ketones is 1. The number of hydrogen-bond donors (Lipinski definition) is 15. The number of nitrogens with two attached hydrogens (primary N) is 2. The van der Waals surface area contributed by atoms with Crippen LogP contribution in [0.4, 0.5) is 0 Å². The Balaban J connectivity index is 4.56. The van der Waals surface area contributed by atoms with Gasteiger partial charge < -0.3 is 77.9 Å². The normalized spacial score (nSPS) is 19.3. The third kappa shape index (κ3) is 40.4. The smallest absolute Gasteiger partial charge is 0.331 e. The minimum absolute atomic E-state index is 0.00208. The molecule has 0 fully saturated rings. The predicted octanol–water partition coefficient (Wildman–Crippen LogP) is 4.45. The highest BCUT2D eigenvalue weighted by molar-refractivity contribution is 5.86. The zero-order valence-electron chi connectivity index (χ0n) is 46.5. The summed E-state index contributed by atoms with van der Waals surface area (Å²) in [6.07, 6.45) is 31.9. The molecule has 0 spiro atoms. The van der Waals surface area contributed by atoms with E-state index in [1.54, 1.807) is 92.0 Å². The van der Waals surface area contributed by atoms with Crippen LogP contribution in [0.2, 0.25) is 0 Å². The molecule has 15 unspecified atom stereocenters. The Morgan fingerprint density at radius 3 is 1.44 bits per heavy atom. The number of carbonyl (C=O) groups is 2. The fraction of sp³-hybridized carbons (Fsp3) is 0.525. The molecule has 0 aliphatic rings. The zero-order chi connectivity index (χ0) is 59.5. The number of hydrogen-bond acceptors (Lipinski definition) is 15. The van der Waals surface area contributed by atoms with Crippen molar-refractivity contribution < 1.29 is 76.0 Å². The van der Waals surface area contributed by atoms with E-state index in [1.807, 2.05) is 31.2 Å². The number of aliphatic carboxylic acids is 1. The first-order valence-electron chi connectivity index (χ1n) is 27.1. The molecule has 15 atom stereocenters. The summed E-state index contributed by atoms with van der Waals surface area (Å²) in [4.78, 5) is 27.4. The largest absolute Gasteiger partial charge is 0.478 e. The van der Waals surface area contributed by atoms with Crippen molar-refractivity contribution in [3.63, 3.8) is 0 Å². The number of carboxylic acid groups (broad SMARTS) is 1. The molecule has 0 aliphatic heterocycles. The fourth-order valence-corrected chi connectivity index (χ4v) is 7.47. The molecule has 0 bridgehead atoms. The fourth-order valence-electron chi connectivity index (χ4n) is 7.47. The molecule has 0 rings (SSSR count). The maximum Gasteiger partial charge on any atom is 0.331 e. The number of aliphatic imine (C=N–C) groups is 1. The minimum atomic E-state index is -1.57. The van der Waals surface area contributed by atoms with Crippen molar-refractivity contribution in [2.75, 3.05) is 6.54 Å². The van der Waals surface area contributed by atoms with E-state index in [0.29, 0.717) is 19.4 Å². The Morgan fingerprint density at radius 2 is 0.924 bits per heavy atom. The molecule has 0 aromatic rings. The molecule has 444 valence electrons. The lowest BCUT2D eigenvalue weighted by molar-refractivity contribution is -0.134. The highest BCUT2D eigenvalue weighted by Gasteiger charge is 2.28. The van der Waals surface area contributed by atoms with E-state index in [4.69, 9.17) is 16.6 Å². The van der Waals surface area contributed by atoms with Crippen molar-refractivity contribution in [1.82, 2.24) is 0 Å². The topological polar surface area (TPSA) is 362 Å². The highest BCUT2D eigenvalue weighted by atomic mass is 16.4. The van der Waals surface area contributed by atoms with E-state index in [0.717, 1.165) is 12.8 Å². The lowest BCUT2D eigenvalue weighted by atomic mass is 9.88. The van der Waals surface area contributed by atoms with Gasteiger partial charge in [0.15, 0.2) is 11.7 Å². The number of carbonyl (C=O) groups excluding carboxylic acids is 1. The maximum atomic E-state index is 12.8. The quantitative estimate of drug-likeness (QED) is 0.0100. The first-order valence-corrected chi connectivity index (χ1v) is 27.1. The Kier molecular flexibility index (Phi) is 42.2. The maximum absolute atomic E-state index is 12.8. The summed E-state index contributed by atoms with van der Waals surface area (Å²) in [7, 11) is 0. The molecule has 0 amide bonds. The standard InChI is InChI=1S/C61H95N3O15/c1-43(26-18-14-10-9-11-15-19-27-44(2)60(78)79)58(76)45(3)55(73)35-20-16-12-7-5-6-8-13-17-21-36-56(74)46(4)59(77)57(75)42-53(71)33-24-32-51(69)41-54(72)40-50(68)31-23-30-48(66)38-47(65)28-22-29-49(67)39-52(70)34-25-37-64-61(62)63/h5-9,11-13,15-24,26-28,31,33,35-36,43,45-58,65-76H,10,14,25,29-30,32,34,37-42H2,1-4H3,(H,78,79)(H4,62,63,64)/b7-5+,8-6+,11-9+,16-12+,17-13+,19-15+,26-18+,28-22+,31-23+,33-24+,35-20+,36-21-,44-27+. The van der Waals surface area contributed by atoms with Crippen LogP contribution < -0.4 is 11.5 Å². The third-order valence-corrected chi connectivity index (χ3v) is 12.4. The Morgan fingerprint density at radius 1 is 0.481 bits per heavy atom.